The van der Waals surface area contributed by atoms with Crippen LogP contribution in [-0.4, -0.2) is 30.5 Å². The number of fused-ring (bicyclic) bond motifs is 1. The minimum atomic E-state index is -0.335. The lowest BCUT2D eigenvalue weighted by Gasteiger charge is -1.95. The Morgan fingerprint density at radius 1 is 1.58 bits per heavy atom. The lowest BCUT2D eigenvalue weighted by atomic mass is 10.4. The molecule has 3 aromatic heterocycles. The van der Waals surface area contributed by atoms with Crippen LogP contribution in [-0.2, 0) is 4.79 Å². The lowest BCUT2D eigenvalue weighted by molar-refractivity contribution is -0.111. The number of nitrogens with zero attached hydrogens (tertiary/aromatic N) is 4. The molecule has 0 unspecified atom stereocenters. The van der Waals surface area contributed by atoms with Crippen LogP contribution in [0.25, 0.3) is 11.0 Å². The van der Waals surface area contributed by atoms with Crippen molar-refractivity contribution in [1.82, 2.24) is 24.6 Å². The number of hydrogen-bond donors (Lipinski definition) is 2. The number of halogens is 1. The summed E-state index contributed by atoms with van der Waals surface area (Å²) in [5.41, 5.74) is 0.658. The van der Waals surface area contributed by atoms with E-state index in [-0.39, 0.29) is 11.9 Å². The van der Waals surface area contributed by atoms with Crippen molar-refractivity contribution in [3.05, 3.63) is 34.8 Å². The zero-order valence-electron chi connectivity index (χ0n) is 9.37. The van der Waals surface area contributed by atoms with Crippen LogP contribution in [0.5, 0.6) is 0 Å². The molecule has 0 saturated heterocycles. The summed E-state index contributed by atoms with van der Waals surface area (Å²) in [6.07, 6.45) is 6.10. The molecule has 0 bridgehead atoms. The monoisotopic (exact) mass is 294 g/mol. The molecule has 0 spiro atoms. The number of aromatic amines is 1. The van der Waals surface area contributed by atoms with Gasteiger partial charge in [0.25, 0.3) is 5.91 Å². The Bertz CT molecular complexity index is 743. The summed E-state index contributed by atoms with van der Waals surface area (Å²) in [6.45, 7) is 0. The number of aromatic nitrogens is 5. The number of thiazole rings is 1. The summed E-state index contributed by atoms with van der Waals surface area (Å²) in [4.78, 5) is 20.4. The first kappa shape index (κ1) is 11.9. The van der Waals surface area contributed by atoms with Gasteiger partial charge in [0, 0.05) is 17.7 Å². The smallest absolute Gasteiger partial charge is 0.250 e. The molecule has 96 valence electrons. The Labute approximate surface area is 116 Å². The van der Waals surface area contributed by atoms with Gasteiger partial charge in [-0.25, -0.2) is 10.1 Å². The molecule has 19 heavy (non-hydrogen) atoms. The van der Waals surface area contributed by atoms with Crippen molar-refractivity contribution in [3.63, 3.8) is 0 Å². The van der Waals surface area contributed by atoms with Gasteiger partial charge in [-0.1, -0.05) is 11.6 Å². The van der Waals surface area contributed by atoms with Crippen molar-refractivity contribution in [1.29, 1.82) is 0 Å². The van der Waals surface area contributed by atoms with Crippen molar-refractivity contribution in [3.8, 4) is 0 Å². The van der Waals surface area contributed by atoms with Crippen LogP contribution < -0.4 is 5.32 Å². The fraction of sp³-hybridized carbons (Fsp3) is 0. The van der Waals surface area contributed by atoms with Gasteiger partial charge in [0.1, 0.15) is 6.33 Å². The minimum absolute atomic E-state index is 0.287. The summed E-state index contributed by atoms with van der Waals surface area (Å²) in [5, 5.41) is 10.9. The molecule has 3 heterocycles. The van der Waals surface area contributed by atoms with Crippen LogP contribution in [0.15, 0.2) is 24.0 Å². The van der Waals surface area contributed by atoms with Gasteiger partial charge in [0.05, 0.1) is 5.69 Å². The van der Waals surface area contributed by atoms with Crippen LogP contribution in [0.4, 0.5) is 5.95 Å². The third kappa shape index (κ3) is 2.35. The summed E-state index contributed by atoms with van der Waals surface area (Å²) in [7, 11) is 0. The number of anilines is 1. The Hall–Kier alpha value is -2.19. The van der Waals surface area contributed by atoms with Crippen LogP contribution in [0.2, 0.25) is 5.15 Å². The third-order valence-electron chi connectivity index (χ3n) is 2.30. The van der Waals surface area contributed by atoms with Gasteiger partial charge in [-0.3, -0.25) is 14.5 Å². The van der Waals surface area contributed by atoms with E-state index >= 15 is 0 Å². The first-order valence-corrected chi connectivity index (χ1v) is 6.45. The average molecular weight is 295 g/mol. The van der Waals surface area contributed by atoms with Gasteiger partial charge in [-0.2, -0.15) is 10.1 Å². The van der Waals surface area contributed by atoms with Crippen LogP contribution in [0.3, 0.4) is 0 Å². The van der Waals surface area contributed by atoms with Crippen LogP contribution in [0.1, 0.15) is 5.69 Å². The fourth-order valence-electron chi connectivity index (χ4n) is 1.50. The molecule has 0 atom stereocenters. The fourth-order valence-corrected chi connectivity index (χ4v) is 2.51. The topological polar surface area (TPSA) is 88.0 Å². The molecule has 0 aliphatic carbocycles. The Morgan fingerprint density at radius 2 is 2.47 bits per heavy atom. The molecular weight excluding hydrogens is 288 g/mol. The second-order valence-corrected chi connectivity index (χ2v) is 4.73. The molecule has 9 heteroatoms. The van der Waals surface area contributed by atoms with E-state index in [1.54, 1.807) is 6.08 Å². The first-order valence-electron chi connectivity index (χ1n) is 5.19. The molecule has 2 N–H and O–H groups in total. The Balaban J connectivity index is 1.80. The number of amides is 1. The van der Waals surface area contributed by atoms with Crippen LogP contribution >= 0.6 is 22.9 Å². The van der Waals surface area contributed by atoms with Crippen molar-refractivity contribution in [2.75, 3.05) is 5.32 Å². The average Bonchev–Trinajstić information content (AvgIpc) is 3.05. The highest BCUT2D eigenvalue weighted by Crippen LogP contribution is 2.22. The van der Waals surface area contributed by atoms with E-state index in [9.17, 15) is 4.79 Å². The maximum absolute atomic E-state index is 11.6. The number of carbonyl (C=O) groups is 1. The number of carbonyl (C=O) groups excluding carboxylic acids is 1. The lowest BCUT2D eigenvalue weighted by Crippen LogP contribution is -2.09. The SMILES string of the molecule is O=C(/C=C/c1c(Cl)nc2sccn12)Nc1ncn[nH]1. The molecule has 0 saturated carbocycles. The largest absolute Gasteiger partial charge is 0.291 e. The normalized spacial score (nSPS) is 11.4. The van der Waals surface area contributed by atoms with Crippen molar-refractivity contribution >= 4 is 45.8 Å². The first-order chi connectivity index (χ1) is 9.24. The second-order valence-electron chi connectivity index (χ2n) is 3.50. The van der Waals surface area contributed by atoms with Gasteiger partial charge in [-0.05, 0) is 6.08 Å². The van der Waals surface area contributed by atoms with Crippen molar-refractivity contribution in [2.24, 2.45) is 0 Å². The highest BCUT2D eigenvalue weighted by atomic mass is 35.5. The molecule has 7 nitrogen and oxygen atoms in total. The summed E-state index contributed by atoms with van der Waals surface area (Å²) < 4.78 is 1.81. The van der Waals surface area contributed by atoms with Gasteiger partial charge < -0.3 is 0 Å². The van der Waals surface area contributed by atoms with E-state index in [0.717, 1.165) is 4.96 Å². The number of H-pyrrole nitrogens is 1. The molecule has 1 amide bonds. The number of nitrogens with one attached hydrogen (secondary N) is 2. The van der Waals surface area contributed by atoms with Crippen LogP contribution in [0, 0.1) is 0 Å². The van der Waals surface area contributed by atoms with Crippen molar-refractivity contribution < 1.29 is 4.79 Å². The minimum Gasteiger partial charge on any atom is -0.291 e. The highest BCUT2D eigenvalue weighted by Gasteiger charge is 2.08. The van der Waals surface area contributed by atoms with E-state index in [0.29, 0.717) is 10.8 Å². The summed E-state index contributed by atoms with van der Waals surface area (Å²) >= 11 is 7.47. The second kappa shape index (κ2) is 4.82. The summed E-state index contributed by atoms with van der Waals surface area (Å²) in [6, 6.07) is 0. The maximum Gasteiger partial charge on any atom is 0.250 e. The predicted octanol–water partition coefficient (Wildman–Crippen LogP) is 1.82. The number of hydrogen-bond acceptors (Lipinski definition) is 5. The number of imidazole rings is 1. The zero-order valence-corrected chi connectivity index (χ0v) is 10.9. The molecule has 0 aliphatic heterocycles. The van der Waals surface area contributed by atoms with E-state index in [1.807, 2.05) is 16.0 Å². The maximum atomic E-state index is 11.6. The summed E-state index contributed by atoms with van der Waals surface area (Å²) in [5.74, 6) is -0.0484. The quantitative estimate of drug-likeness (QED) is 0.721. The molecule has 3 rings (SSSR count). The third-order valence-corrected chi connectivity index (χ3v) is 3.34. The van der Waals surface area contributed by atoms with E-state index in [2.05, 4.69) is 25.5 Å². The van der Waals surface area contributed by atoms with Crippen molar-refractivity contribution in [2.45, 2.75) is 0 Å². The number of rotatable bonds is 3. The molecule has 0 radical (unpaired) electrons. The van der Waals surface area contributed by atoms with E-state index in [1.165, 1.54) is 23.7 Å². The Morgan fingerprint density at radius 3 is 3.26 bits per heavy atom. The zero-order chi connectivity index (χ0) is 13.2. The molecule has 0 fully saturated rings. The Kier molecular flexibility index (Phi) is 3.02. The van der Waals surface area contributed by atoms with Gasteiger partial charge in [-0.15, -0.1) is 11.3 Å². The molecule has 3 aromatic rings. The molecular formula is C10H7ClN6OS. The molecule has 0 aliphatic rings. The van der Waals surface area contributed by atoms with Gasteiger partial charge in [0.2, 0.25) is 5.95 Å². The highest BCUT2D eigenvalue weighted by molar-refractivity contribution is 7.15. The molecule has 0 aromatic carbocycles. The van der Waals surface area contributed by atoms with E-state index < -0.39 is 0 Å². The van der Waals surface area contributed by atoms with Gasteiger partial charge >= 0.3 is 0 Å². The van der Waals surface area contributed by atoms with Gasteiger partial charge in [0.15, 0.2) is 10.1 Å². The van der Waals surface area contributed by atoms with E-state index in [4.69, 9.17) is 11.6 Å². The predicted molar refractivity (Wildman–Crippen MR) is 72.1 cm³/mol. The standard InChI is InChI=1S/C10H7ClN6OS/c11-8-6(17-3-4-19-10(17)15-8)1-2-7(18)14-9-12-5-13-16-9/h1-5H,(H2,12,13,14,16,18)/b2-1+.